The predicted octanol–water partition coefficient (Wildman–Crippen LogP) is 2.91. The van der Waals surface area contributed by atoms with Crippen LogP contribution in [0.3, 0.4) is 0 Å². The molecule has 0 aliphatic carbocycles. The molecule has 0 aliphatic heterocycles. The third kappa shape index (κ3) is 2.91. The lowest BCUT2D eigenvalue weighted by Crippen LogP contribution is -2.08. The van der Waals surface area contributed by atoms with Crippen LogP contribution in [0.25, 0.3) is 5.57 Å². The molecule has 2 rings (SSSR count). The molecule has 0 spiro atoms. The third-order valence-electron chi connectivity index (χ3n) is 2.91. The Morgan fingerprint density at radius 1 is 1.60 bits per heavy atom. The minimum absolute atomic E-state index is 0.338. The van der Waals surface area contributed by atoms with Crippen LogP contribution in [0.15, 0.2) is 24.9 Å². The maximum absolute atomic E-state index is 11.8. The number of esters is 1. The van der Waals surface area contributed by atoms with Crippen LogP contribution in [0.4, 0.5) is 5.69 Å². The molecule has 0 radical (unpaired) electrons. The Labute approximate surface area is 121 Å². The van der Waals surface area contributed by atoms with E-state index in [2.05, 4.69) is 17.0 Å². The zero-order valence-electron chi connectivity index (χ0n) is 11.8. The van der Waals surface area contributed by atoms with Crippen LogP contribution in [0.5, 0.6) is 0 Å². The molecule has 0 amide bonds. The number of aryl methyl sites for hydroxylation is 1. The Morgan fingerprint density at radius 3 is 2.90 bits per heavy atom. The fourth-order valence-corrected chi connectivity index (χ4v) is 2.72. The molecule has 5 nitrogen and oxygen atoms in total. The number of ether oxygens (including phenoxy) is 1. The Balaban J connectivity index is 2.23. The van der Waals surface area contributed by atoms with Crippen molar-refractivity contribution < 1.29 is 9.53 Å². The van der Waals surface area contributed by atoms with E-state index in [1.54, 1.807) is 10.9 Å². The summed E-state index contributed by atoms with van der Waals surface area (Å²) in [7, 11) is 3.26. The van der Waals surface area contributed by atoms with Crippen LogP contribution in [0.1, 0.15) is 27.2 Å². The Morgan fingerprint density at radius 2 is 2.35 bits per heavy atom. The number of aromatic nitrogens is 2. The summed E-state index contributed by atoms with van der Waals surface area (Å²) in [4.78, 5) is 13.3. The van der Waals surface area contributed by atoms with Crippen LogP contribution >= 0.6 is 11.3 Å². The third-order valence-corrected chi connectivity index (χ3v) is 4.18. The molecule has 106 valence electrons. The number of anilines is 1. The average Bonchev–Trinajstić information content (AvgIpc) is 3.01. The molecule has 0 saturated heterocycles. The maximum Gasteiger partial charge on any atom is 0.350 e. The van der Waals surface area contributed by atoms with Crippen molar-refractivity contribution in [2.45, 2.75) is 13.5 Å². The molecule has 0 saturated carbocycles. The summed E-state index contributed by atoms with van der Waals surface area (Å²) in [5.41, 5.74) is 2.72. The smallest absolute Gasteiger partial charge is 0.350 e. The van der Waals surface area contributed by atoms with Crippen LogP contribution in [0.2, 0.25) is 0 Å². The first-order chi connectivity index (χ1) is 9.52. The van der Waals surface area contributed by atoms with Gasteiger partial charge in [0.1, 0.15) is 4.88 Å². The molecule has 0 fully saturated rings. The van der Waals surface area contributed by atoms with Crippen molar-refractivity contribution in [2.24, 2.45) is 7.05 Å². The summed E-state index contributed by atoms with van der Waals surface area (Å²) in [5, 5.41) is 7.36. The number of methoxy groups -OCH3 is 1. The summed E-state index contributed by atoms with van der Waals surface area (Å²) >= 11 is 1.38. The van der Waals surface area contributed by atoms with Gasteiger partial charge in [-0.2, -0.15) is 5.10 Å². The average molecular weight is 291 g/mol. The second-order valence-corrected chi connectivity index (χ2v) is 5.48. The van der Waals surface area contributed by atoms with Crippen molar-refractivity contribution >= 4 is 28.6 Å². The lowest BCUT2D eigenvalue weighted by Gasteiger charge is -2.06. The van der Waals surface area contributed by atoms with Crippen molar-refractivity contribution in [1.82, 2.24) is 9.78 Å². The zero-order valence-corrected chi connectivity index (χ0v) is 12.6. The summed E-state index contributed by atoms with van der Waals surface area (Å²) in [6, 6.07) is 3.85. The lowest BCUT2D eigenvalue weighted by atomic mass is 10.2. The van der Waals surface area contributed by atoms with Crippen molar-refractivity contribution in [3.8, 4) is 0 Å². The van der Waals surface area contributed by atoms with Crippen LogP contribution in [-0.2, 0) is 18.3 Å². The molecule has 20 heavy (non-hydrogen) atoms. The van der Waals surface area contributed by atoms with Gasteiger partial charge in [-0.15, -0.1) is 11.3 Å². The first kappa shape index (κ1) is 14.3. The zero-order chi connectivity index (χ0) is 14.7. The number of allylic oxidation sites excluding steroid dienone is 1. The van der Waals surface area contributed by atoms with Gasteiger partial charge < -0.3 is 10.1 Å². The molecule has 2 heterocycles. The van der Waals surface area contributed by atoms with Crippen molar-refractivity contribution in [2.75, 3.05) is 12.4 Å². The highest BCUT2D eigenvalue weighted by Crippen LogP contribution is 2.32. The molecule has 0 aliphatic rings. The van der Waals surface area contributed by atoms with Crippen molar-refractivity contribution in [3.63, 3.8) is 0 Å². The molecule has 0 unspecified atom stereocenters. The number of hydrogen-bond donors (Lipinski definition) is 1. The largest absolute Gasteiger partial charge is 0.465 e. The van der Waals surface area contributed by atoms with Crippen LogP contribution in [-0.4, -0.2) is 22.9 Å². The number of carbonyl (C=O) groups excluding carboxylic acids is 1. The molecule has 1 N–H and O–H groups in total. The van der Waals surface area contributed by atoms with Gasteiger partial charge in [0.15, 0.2) is 0 Å². The molecule has 6 heteroatoms. The molecule has 0 bridgehead atoms. The van der Waals surface area contributed by atoms with E-state index in [9.17, 15) is 4.79 Å². The fourth-order valence-electron chi connectivity index (χ4n) is 1.74. The normalized spacial score (nSPS) is 10.3. The number of rotatable bonds is 5. The first-order valence-corrected chi connectivity index (χ1v) is 6.93. The fraction of sp³-hybridized carbons (Fsp3) is 0.286. The molecular weight excluding hydrogens is 274 g/mol. The van der Waals surface area contributed by atoms with Crippen LogP contribution in [0, 0.1) is 0 Å². The monoisotopic (exact) mass is 291 g/mol. The maximum atomic E-state index is 11.8. The topological polar surface area (TPSA) is 56.2 Å². The minimum Gasteiger partial charge on any atom is -0.465 e. The van der Waals surface area contributed by atoms with Gasteiger partial charge in [0.25, 0.3) is 0 Å². The van der Waals surface area contributed by atoms with E-state index in [1.807, 2.05) is 26.1 Å². The minimum atomic E-state index is -0.338. The molecule has 0 atom stereocenters. The second kappa shape index (κ2) is 5.92. The van der Waals surface area contributed by atoms with Gasteiger partial charge in [0.05, 0.1) is 25.0 Å². The number of nitrogens with zero attached hydrogens (tertiary/aromatic N) is 2. The van der Waals surface area contributed by atoms with E-state index in [1.165, 1.54) is 18.4 Å². The van der Waals surface area contributed by atoms with Gasteiger partial charge in [0, 0.05) is 18.1 Å². The van der Waals surface area contributed by atoms with E-state index in [4.69, 9.17) is 4.74 Å². The van der Waals surface area contributed by atoms with Crippen LogP contribution < -0.4 is 5.32 Å². The second-order valence-electron chi connectivity index (χ2n) is 4.43. The SMILES string of the molecule is C=C(C)c1cc(NCc2ccnn2C)c(C(=O)OC)s1. The highest BCUT2D eigenvalue weighted by molar-refractivity contribution is 7.15. The Kier molecular flexibility index (Phi) is 4.24. The summed E-state index contributed by atoms with van der Waals surface area (Å²) in [6.45, 7) is 6.41. The lowest BCUT2D eigenvalue weighted by molar-refractivity contribution is 0.0607. The van der Waals surface area contributed by atoms with Gasteiger partial charge >= 0.3 is 5.97 Å². The molecular formula is C14H17N3O2S. The van der Waals surface area contributed by atoms with E-state index < -0.39 is 0 Å². The molecule has 0 aromatic carbocycles. The Bertz CT molecular complexity index is 643. The van der Waals surface area contributed by atoms with Gasteiger partial charge in [-0.25, -0.2) is 4.79 Å². The van der Waals surface area contributed by atoms with E-state index in [0.29, 0.717) is 11.4 Å². The predicted molar refractivity (Wildman–Crippen MR) is 80.9 cm³/mol. The van der Waals surface area contributed by atoms with E-state index in [-0.39, 0.29) is 5.97 Å². The van der Waals surface area contributed by atoms with E-state index >= 15 is 0 Å². The summed E-state index contributed by atoms with van der Waals surface area (Å²) < 4.78 is 6.60. The quantitative estimate of drug-likeness (QED) is 0.861. The summed E-state index contributed by atoms with van der Waals surface area (Å²) in [5.74, 6) is -0.338. The van der Waals surface area contributed by atoms with Crippen molar-refractivity contribution in [3.05, 3.63) is 40.4 Å². The highest BCUT2D eigenvalue weighted by atomic mass is 32.1. The van der Waals surface area contributed by atoms with E-state index in [0.717, 1.165) is 21.8 Å². The first-order valence-electron chi connectivity index (χ1n) is 6.11. The molecule has 2 aromatic heterocycles. The van der Waals surface area contributed by atoms with Gasteiger partial charge in [-0.05, 0) is 24.6 Å². The summed E-state index contributed by atoms with van der Waals surface area (Å²) in [6.07, 6.45) is 1.74. The molecule has 2 aromatic rings. The standard InChI is InChI=1S/C14H17N3O2S/c1-9(2)12-7-11(13(20-12)14(18)19-4)15-8-10-5-6-16-17(10)3/h5-7,15H,1,8H2,2-4H3. The Hall–Kier alpha value is -2.08. The van der Waals surface area contributed by atoms with Gasteiger partial charge in [-0.3, -0.25) is 4.68 Å². The number of nitrogens with one attached hydrogen (secondary N) is 1. The highest BCUT2D eigenvalue weighted by Gasteiger charge is 2.17. The number of hydrogen-bond acceptors (Lipinski definition) is 5. The van der Waals surface area contributed by atoms with Gasteiger partial charge in [-0.1, -0.05) is 6.58 Å². The van der Waals surface area contributed by atoms with Gasteiger partial charge in [0.2, 0.25) is 0 Å². The number of carbonyl (C=O) groups is 1. The van der Waals surface area contributed by atoms with Crippen molar-refractivity contribution in [1.29, 1.82) is 0 Å². The number of thiophene rings is 1.